The molecule has 0 aromatic heterocycles. The van der Waals surface area contributed by atoms with Crippen LogP contribution in [0.5, 0.6) is 0 Å². The van der Waals surface area contributed by atoms with Crippen LogP contribution in [0.4, 0.5) is 4.39 Å². The van der Waals surface area contributed by atoms with Crippen molar-refractivity contribution >= 4 is 11.6 Å². The number of rotatable bonds is 2. The SMILES string of the molecule is CC(C)C1=CC(F)=CC(C)(C(C)C)C=C1Cl. The van der Waals surface area contributed by atoms with Crippen LogP contribution >= 0.6 is 11.6 Å². The van der Waals surface area contributed by atoms with Crippen molar-refractivity contribution in [3.63, 3.8) is 0 Å². The molecule has 0 aromatic carbocycles. The predicted octanol–water partition coefficient (Wildman–Crippen LogP) is 5.22. The van der Waals surface area contributed by atoms with Gasteiger partial charge in [-0.1, -0.05) is 52.3 Å². The average molecular weight is 243 g/mol. The van der Waals surface area contributed by atoms with Gasteiger partial charge in [-0.2, -0.15) is 0 Å². The molecule has 0 amide bonds. The zero-order valence-electron chi connectivity index (χ0n) is 10.6. The first-order valence-electron chi connectivity index (χ1n) is 5.75. The molecule has 1 atom stereocenters. The molecular weight excluding hydrogens is 223 g/mol. The number of hydrogen-bond acceptors (Lipinski definition) is 0. The minimum absolute atomic E-state index is 0.188. The average Bonchev–Trinajstić information content (AvgIpc) is 2.23. The molecule has 0 N–H and O–H groups in total. The normalized spacial score (nSPS) is 26.4. The van der Waals surface area contributed by atoms with E-state index in [0.29, 0.717) is 11.0 Å². The highest BCUT2D eigenvalue weighted by Gasteiger charge is 2.27. The molecule has 1 aliphatic rings. The molecule has 0 aromatic rings. The topological polar surface area (TPSA) is 0 Å². The summed E-state index contributed by atoms with van der Waals surface area (Å²) in [4.78, 5) is 0. The lowest BCUT2D eigenvalue weighted by atomic mass is 9.78. The molecule has 0 saturated heterocycles. The summed E-state index contributed by atoms with van der Waals surface area (Å²) in [5.41, 5.74) is 0.564. The lowest BCUT2D eigenvalue weighted by molar-refractivity contribution is 0.375. The molecule has 0 bridgehead atoms. The molecule has 0 spiro atoms. The van der Waals surface area contributed by atoms with E-state index in [1.807, 2.05) is 26.8 Å². The van der Waals surface area contributed by atoms with Gasteiger partial charge in [0.25, 0.3) is 0 Å². The van der Waals surface area contributed by atoms with E-state index in [9.17, 15) is 4.39 Å². The van der Waals surface area contributed by atoms with Crippen LogP contribution in [-0.4, -0.2) is 0 Å². The van der Waals surface area contributed by atoms with Crippen molar-refractivity contribution in [2.24, 2.45) is 17.3 Å². The number of allylic oxidation sites excluding steroid dienone is 6. The van der Waals surface area contributed by atoms with E-state index in [2.05, 4.69) is 13.8 Å². The van der Waals surface area contributed by atoms with E-state index in [0.717, 1.165) is 5.57 Å². The van der Waals surface area contributed by atoms with Gasteiger partial charge in [0.15, 0.2) is 0 Å². The van der Waals surface area contributed by atoms with Crippen LogP contribution in [0.2, 0.25) is 0 Å². The molecule has 1 unspecified atom stereocenters. The fourth-order valence-electron chi connectivity index (χ4n) is 1.73. The van der Waals surface area contributed by atoms with Crippen molar-refractivity contribution in [2.75, 3.05) is 0 Å². The summed E-state index contributed by atoms with van der Waals surface area (Å²) in [5, 5.41) is 0.676. The molecular formula is C14H20ClF. The van der Waals surface area contributed by atoms with Crippen LogP contribution in [0, 0.1) is 17.3 Å². The Bertz CT molecular complexity index is 361. The maximum Gasteiger partial charge on any atom is 0.120 e. The largest absolute Gasteiger partial charge is 0.207 e. The minimum atomic E-state index is -0.311. The first-order chi connectivity index (χ1) is 7.26. The third-order valence-corrected chi connectivity index (χ3v) is 3.65. The van der Waals surface area contributed by atoms with E-state index >= 15 is 0 Å². The Morgan fingerprint density at radius 2 is 1.75 bits per heavy atom. The first-order valence-corrected chi connectivity index (χ1v) is 6.12. The molecule has 0 nitrogen and oxygen atoms in total. The number of halogens is 2. The summed E-state index contributed by atoms with van der Waals surface area (Å²) in [6.45, 7) is 10.2. The lowest BCUT2D eigenvalue weighted by Crippen LogP contribution is -2.18. The minimum Gasteiger partial charge on any atom is -0.207 e. The van der Waals surface area contributed by atoms with Gasteiger partial charge in [0, 0.05) is 10.4 Å². The van der Waals surface area contributed by atoms with Crippen LogP contribution in [0.1, 0.15) is 34.6 Å². The summed E-state index contributed by atoms with van der Waals surface area (Å²) in [7, 11) is 0. The molecule has 0 aliphatic heterocycles. The zero-order chi connectivity index (χ0) is 12.5. The van der Waals surface area contributed by atoms with E-state index in [1.54, 1.807) is 12.2 Å². The smallest absolute Gasteiger partial charge is 0.120 e. The van der Waals surface area contributed by atoms with Crippen molar-refractivity contribution in [2.45, 2.75) is 34.6 Å². The third kappa shape index (κ3) is 2.76. The van der Waals surface area contributed by atoms with Crippen molar-refractivity contribution in [3.8, 4) is 0 Å². The number of hydrogen-bond donors (Lipinski definition) is 0. The Hall–Kier alpha value is -0.560. The summed E-state index contributed by atoms with van der Waals surface area (Å²) < 4.78 is 13.8. The van der Waals surface area contributed by atoms with E-state index in [-0.39, 0.29) is 17.2 Å². The zero-order valence-corrected chi connectivity index (χ0v) is 11.4. The van der Waals surface area contributed by atoms with E-state index < -0.39 is 0 Å². The summed E-state index contributed by atoms with van der Waals surface area (Å²) in [6, 6.07) is 0. The molecule has 16 heavy (non-hydrogen) atoms. The predicted molar refractivity (Wildman–Crippen MR) is 69.0 cm³/mol. The monoisotopic (exact) mass is 242 g/mol. The van der Waals surface area contributed by atoms with Gasteiger partial charge in [-0.15, -0.1) is 0 Å². The Morgan fingerprint density at radius 1 is 1.19 bits per heavy atom. The lowest BCUT2D eigenvalue weighted by Gasteiger charge is -2.26. The van der Waals surface area contributed by atoms with Crippen LogP contribution in [0.3, 0.4) is 0 Å². The molecule has 1 aliphatic carbocycles. The fourth-order valence-corrected chi connectivity index (χ4v) is 2.24. The third-order valence-electron chi connectivity index (χ3n) is 3.32. The maximum absolute atomic E-state index is 13.8. The van der Waals surface area contributed by atoms with Gasteiger partial charge >= 0.3 is 0 Å². The molecule has 0 fully saturated rings. The Kier molecular flexibility index (Phi) is 4.01. The first kappa shape index (κ1) is 13.5. The van der Waals surface area contributed by atoms with Gasteiger partial charge in [0.1, 0.15) is 5.83 Å². The van der Waals surface area contributed by atoms with Crippen molar-refractivity contribution in [3.05, 3.63) is 34.7 Å². The van der Waals surface area contributed by atoms with Crippen LogP contribution < -0.4 is 0 Å². The van der Waals surface area contributed by atoms with Crippen LogP contribution in [-0.2, 0) is 0 Å². The molecule has 1 rings (SSSR count). The van der Waals surface area contributed by atoms with E-state index in [4.69, 9.17) is 11.6 Å². The van der Waals surface area contributed by atoms with Gasteiger partial charge in [-0.05, 0) is 29.6 Å². The quantitative estimate of drug-likeness (QED) is 0.623. The Balaban J connectivity index is 3.25. The standard InChI is InChI=1S/C14H20ClF/c1-9(2)12-6-11(16)7-14(5,10(3)4)8-13(12)15/h6-10H,1-5H3. The second-order valence-electron chi connectivity index (χ2n) is 5.30. The van der Waals surface area contributed by atoms with Gasteiger partial charge in [0.05, 0.1) is 0 Å². The maximum atomic E-state index is 13.8. The molecule has 0 saturated carbocycles. The van der Waals surface area contributed by atoms with E-state index in [1.165, 1.54) is 0 Å². The summed E-state index contributed by atoms with van der Waals surface area (Å²) >= 11 is 6.27. The van der Waals surface area contributed by atoms with Crippen molar-refractivity contribution in [1.82, 2.24) is 0 Å². The Labute approximate surface area is 103 Å². The van der Waals surface area contributed by atoms with Crippen molar-refractivity contribution < 1.29 is 4.39 Å². The highest BCUT2D eigenvalue weighted by molar-refractivity contribution is 6.32. The highest BCUT2D eigenvalue weighted by atomic mass is 35.5. The molecule has 0 radical (unpaired) electrons. The molecule has 0 heterocycles. The van der Waals surface area contributed by atoms with Crippen molar-refractivity contribution in [1.29, 1.82) is 0 Å². The molecule has 2 heteroatoms. The Morgan fingerprint density at radius 3 is 2.19 bits per heavy atom. The van der Waals surface area contributed by atoms with Gasteiger partial charge in [0.2, 0.25) is 0 Å². The van der Waals surface area contributed by atoms with Gasteiger partial charge in [-0.3, -0.25) is 0 Å². The summed E-state index contributed by atoms with van der Waals surface area (Å²) in [5.74, 6) is 0.358. The second-order valence-corrected chi connectivity index (χ2v) is 5.70. The molecule has 90 valence electrons. The van der Waals surface area contributed by atoms with Crippen LogP contribution in [0.15, 0.2) is 34.7 Å². The van der Waals surface area contributed by atoms with Crippen LogP contribution in [0.25, 0.3) is 0 Å². The summed E-state index contributed by atoms with van der Waals surface area (Å²) in [6.07, 6.45) is 5.18. The van der Waals surface area contributed by atoms with Gasteiger partial charge in [-0.25, -0.2) is 4.39 Å². The second kappa shape index (κ2) is 4.75. The fraction of sp³-hybridized carbons (Fsp3) is 0.571. The highest BCUT2D eigenvalue weighted by Crippen LogP contribution is 2.39. The van der Waals surface area contributed by atoms with Gasteiger partial charge < -0.3 is 0 Å².